The third-order valence-electron chi connectivity index (χ3n) is 2.41. The fraction of sp³-hybridized carbons (Fsp3) is 1.00. The number of rotatable bonds is 0. The quantitative estimate of drug-likeness (QED) is 0.448. The molecule has 0 amide bonds. The van der Waals surface area contributed by atoms with Crippen LogP contribution in [0.4, 0.5) is 0 Å². The van der Waals surface area contributed by atoms with E-state index in [1.165, 1.54) is 6.04 Å². The van der Waals surface area contributed by atoms with Gasteiger partial charge < -0.3 is 4.57 Å². The number of hydrogen-bond acceptors (Lipinski definition) is 1. The van der Waals surface area contributed by atoms with E-state index in [4.69, 9.17) is 0 Å². The second-order valence-corrected chi connectivity index (χ2v) is 8.22. The molecule has 48 valence electrons. The molecule has 1 fully saturated rings. The molecule has 1 heterocycles. The van der Waals surface area contributed by atoms with Gasteiger partial charge in [-0.2, -0.15) is 0 Å². The fourth-order valence-electron chi connectivity index (χ4n) is 1.49. The van der Waals surface area contributed by atoms with Gasteiger partial charge in [0.1, 0.15) is 8.24 Å². The average Bonchev–Trinajstić information content (AvgIpc) is 1.65. The summed E-state index contributed by atoms with van der Waals surface area (Å²) in [4.78, 5) is 0. The lowest BCUT2D eigenvalue weighted by molar-refractivity contribution is 0.346. The van der Waals surface area contributed by atoms with Crippen LogP contribution in [0.5, 0.6) is 0 Å². The summed E-state index contributed by atoms with van der Waals surface area (Å²) in [6, 6.07) is 2.36. The predicted molar refractivity (Wildman–Crippen MR) is 39.5 cm³/mol. The van der Waals surface area contributed by atoms with Crippen LogP contribution < -0.4 is 0 Å². The molecule has 0 aromatic heterocycles. The van der Waals surface area contributed by atoms with Gasteiger partial charge in [-0.3, -0.25) is 0 Å². The zero-order valence-corrected chi connectivity index (χ0v) is 7.23. The van der Waals surface area contributed by atoms with Crippen molar-refractivity contribution in [2.24, 2.45) is 0 Å². The van der Waals surface area contributed by atoms with Gasteiger partial charge in [0.15, 0.2) is 0 Å². The number of nitrogens with zero attached hydrogens (tertiary/aromatic N) is 1. The Morgan fingerprint density at radius 3 is 2.00 bits per heavy atom. The maximum Gasteiger partial charge on any atom is 0.123 e. The van der Waals surface area contributed by atoms with Crippen LogP contribution >= 0.6 is 0 Å². The highest BCUT2D eigenvalue weighted by molar-refractivity contribution is 6.77. The van der Waals surface area contributed by atoms with Crippen LogP contribution in [0.25, 0.3) is 0 Å². The van der Waals surface area contributed by atoms with Gasteiger partial charge in [-0.05, 0) is 19.1 Å². The summed E-state index contributed by atoms with van der Waals surface area (Å²) >= 11 is 0. The second kappa shape index (κ2) is 1.58. The van der Waals surface area contributed by atoms with E-state index in [0.29, 0.717) is 0 Å². The molecule has 0 aromatic carbocycles. The first kappa shape index (κ1) is 6.30. The lowest BCUT2D eigenvalue weighted by Gasteiger charge is -2.50. The van der Waals surface area contributed by atoms with Gasteiger partial charge in [-0.15, -0.1) is 0 Å². The lowest BCUT2D eigenvalue weighted by atomic mass is 10.4. The summed E-state index contributed by atoms with van der Waals surface area (Å²) in [6.45, 7) is 7.15. The normalized spacial score (nSPS) is 36.8. The Hall–Kier alpha value is 0.177. The SMILES string of the molecule is CC1C[Si](C)(C)N1C. The summed E-state index contributed by atoms with van der Waals surface area (Å²) in [5.41, 5.74) is 0. The van der Waals surface area contributed by atoms with Crippen molar-refractivity contribution >= 4 is 8.24 Å². The first-order chi connectivity index (χ1) is 3.54. The Morgan fingerprint density at radius 1 is 1.50 bits per heavy atom. The summed E-state index contributed by atoms with van der Waals surface area (Å²) in [7, 11) is 1.47. The van der Waals surface area contributed by atoms with Gasteiger partial charge in [0, 0.05) is 0 Å². The molecule has 8 heavy (non-hydrogen) atoms. The van der Waals surface area contributed by atoms with E-state index in [1.807, 2.05) is 0 Å². The molecule has 0 saturated carbocycles. The van der Waals surface area contributed by atoms with Crippen molar-refractivity contribution in [1.82, 2.24) is 4.57 Å². The molecule has 1 unspecified atom stereocenters. The van der Waals surface area contributed by atoms with Crippen LogP contribution in [0, 0.1) is 0 Å². The second-order valence-electron chi connectivity index (χ2n) is 3.48. The Kier molecular flexibility index (Phi) is 1.24. The standard InChI is InChI=1S/C6H15NSi/c1-6-5-8(3,4)7(6)2/h6H,5H2,1-4H3. The fourth-order valence-corrected chi connectivity index (χ4v) is 4.46. The average molecular weight is 129 g/mol. The van der Waals surface area contributed by atoms with E-state index in [0.717, 1.165) is 6.04 Å². The van der Waals surface area contributed by atoms with Gasteiger partial charge in [0.05, 0.1) is 0 Å². The largest absolute Gasteiger partial charge is 0.324 e. The topological polar surface area (TPSA) is 3.24 Å². The zero-order valence-electron chi connectivity index (χ0n) is 6.23. The summed E-state index contributed by atoms with van der Waals surface area (Å²) in [5, 5.41) is 0. The van der Waals surface area contributed by atoms with E-state index < -0.39 is 8.24 Å². The predicted octanol–water partition coefficient (Wildman–Crippen LogP) is 1.53. The number of hydrogen-bond donors (Lipinski definition) is 0. The molecule has 0 N–H and O–H groups in total. The Morgan fingerprint density at radius 2 is 2.00 bits per heavy atom. The molecule has 0 aliphatic carbocycles. The maximum atomic E-state index is 2.55. The lowest BCUT2D eigenvalue weighted by Crippen LogP contribution is -2.62. The third-order valence-corrected chi connectivity index (χ3v) is 6.35. The minimum Gasteiger partial charge on any atom is -0.324 e. The van der Waals surface area contributed by atoms with Gasteiger partial charge in [-0.1, -0.05) is 20.0 Å². The van der Waals surface area contributed by atoms with Crippen LogP contribution in [-0.2, 0) is 0 Å². The van der Waals surface area contributed by atoms with E-state index in [2.05, 4.69) is 31.6 Å². The highest BCUT2D eigenvalue weighted by Crippen LogP contribution is 2.30. The minimum atomic E-state index is -0.784. The molecule has 1 aliphatic rings. The van der Waals surface area contributed by atoms with Crippen molar-refractivity contribution in [3.63, 3.8) is 0 Å². The molecule has 1 rings (SSSR count). The van der Waals surface area contributed by atoms with Gasteiger partial charge in [0.25, 0.3) is 0 Å². The Labute approximate surface area is 52.8 Å². The molecule has 0 spiro atoms. The van der Waals surface area contributed by atoms with Crippen LogP contribution in [-0.4, -0.2) is 25.9 Å². The Bertz CT molecular complexity index is 101. The molecular weight excluding hydrogens is 114 g/mol. The van der Waals surface area contributed by atoms with Gasteiger partial charge in [-0.25, -0.2) is 0 Å². The molecule has 0 radical (unpaired) electrons. The molecule has 1 saturated heterocycles. The highest BCUT2D eigenvalue weighted by atomic mass is 28.3. The van der Waals surface area contributed by atoms with Crippen LogP contribution in [0.1, 0.15) is 6.92 Å². The van der Waals surface area contributed by atoms with Crippen LogP contribution in [0.15, 0.2) is 0 Å². The van der Waals surface area contributed by atoms with Crippen molar-refractivity contribution in [2.45, 2.75) is 32.1 Å². The van der Waals surface area contributed by atoms with E-state index in [1.54, 1.807) is 0 Å². The Balaban J connectivity index is 2.47. The molecular formula is C6H15NSi. The molecule has 0 bridgehead atoms. The molecule has 1 atom stereocenters. The van der Waals surface area contributed by atoms with Crippen molar-refractivity contribution in [1.29, 1.82) is 0 Å². The molecule has 0 aromatic rings. The van der Waals surface area contributed by atoms with E-state index in [9.17, 15) is 0 Å². The maximum absolute atomic E-state index is 2.55. The van der Waals surface area contributed by atoms with Gasteiger partial charge in [0.2, 0.25) is 0 Å². The third kappa shape index (κ3) is 0.719. The van der Waals surface area contributed by atoms with E-state index >= 15 is 0 Å². The smallest absolute Gasteiger partial charge is 0.123 e. The minimum absolute atomic E-state index is 0.784. The van der Waals surface area contributed by atoms with Crippen LogP contribution in [0.3, 0.4) is 0 Å². The van der Waals surface area contributed by atoms with Crippen molar-refractivity contribution in [3.05, 3.63) is 0 Å². The zero-order chi connectivity index (χ0) is 6.36. The molecule has 1 aliphatic heterocycles. The monoisotopic (exact) mass is 129 g/mol. The van der Waals surface area contributed by atoms with Crippen molar-refractivity contribution < 1.29 is 0 Å². The molecule has 2 heteroatoms. The molecule has 1 nitrogen and oxygen atoms in total. The van der Waals surface area contributed by atoms with E-state index in [-0.39, 0.29) is 0 Å². The van der Waals surface area contributed by atoms with Crippen molar-refractivity contribution in [2.75, 3.05) is 7.05 Å². The summed E-state index contributed by atoms with van der Waals surface area (Å²) in [6.07, 6.45) is 0. The summed E-state index contributed by atoms with van der Waals surface area (Å²) in [5.74, 6) is 0. The summed E-state index contributed by atoms with van der Waals surface area (Å²) < 4.78 is 2.55. The first-order valence-electron chi connectivity index (χ1n) is 3.27. The van der Waals surface area contributed by atoms with Crippen LogP contribution in [0.2, 0.25) is 19.1 Å². The van der Waals surface area contributed by atoms with Gasteiger partial charge >= 0.3 is 0 Å². The van der Waals surface area contributed by atoms with Crippen molar-refractivity contribution in [3.8, 4) is 0 Å². The highest BCUT2D eigenvalue weighted by Gasteiger charge is 2.40. The first-order valence-corrected chi connectivity index (χ1v) is 6.42.